The summed E-state index contributed by atoms with van der Waals surface area (Å²) < 4.78 is 2.32. The summed E-state index contributed by atoms with van der Waals surface area (Å²) in [5, 5.41) is 9.58. The third-order valence-corrected chi connectivity index (χ3v) is 5.32. The van der Waals surface area contributed by atoms with Gasteiger partial charge in [0.2, 0.25) is 0 Å². The van der Waals surface area contributed by atoms with Crippen molar-refractivity contribution in [1.29, 1.82) is 0 Å². The Morgan fingerprint density at radius 2 is 2.05 bits per heavy atom. The summed E-state index contributed by atoms with van der Waals surface area (Å²) in [6.07, 6.45) is 7.45. The molecule has 2 aromatic rings. The molecule has 0 spiro atoms. The van der Waals surface area contributed by atoms with E-state index in [1.165, 1.54) is 37.0 Å². The molecule has 2 heterocycles. The zero-order valence-corrected chi connectivity index (χ0v) is 13.0. The van der Waals surface area contributed by atoms with Gasteiger partial charge in [-0.15, -0.1) is 21.5 Å². The van der Waals surface area contributed by atoms with Crippen LogP contribution in [0.2, 0.25) is 0 Å². The number of thiophene rings is 1. The lowest BCUT2D eigenvalue weighted by Crippen LogP contribution is -2.15. The molecule has 4 nitrogen and oxygen atoms in total. The van der Waals surface area contributed by atoms with Crippen molar-refractivity contribution in [3.8, 4) is 11.4 Å². The van der Waals surface area contributed by atoms with Crippen LogP contribution in [0.4, 0.5) is 5.00 Å². The van der Waals surface area contributed by atoms with Gasteiger partial charge in [-0.05, 0) is 32.3 Å². The van der Waals surface area contributed by atoms with Crippen molar-refractivity contribution in [3.05, 3.63) is 16.8 Å². The minimum absolute atomic E-state index is 0.540. The fourth-order valence-corrected chi connectivity index (χ4v) is 4.00. The van der Waals surface area contributed by atoms with Gasteiger partial charge >= 0.3 is 0 Å². The summed E-state index contributed by atoms with van der Waals surface area (Å²) in [4.78, 5) is 1.31. The van der Waals surface area contributed by atoms with Gasteiger partial charge in [0.1, 0.15) is 5.82 Å². The zero-order chi connectivity index (χ0) is 14.1. The van der Waals surface area contributed by atoms with Crippen molar-refractivity contribution >= 4 is 16.3 Å². The molecule has 0 aromatic carbocycles. The maximum Gasteiger partial charge on any atom is 0.167 e. The molecule has 3 rings (SSSR count). The molecule has 0 saturated heterocycles. The third kappa shape index (κ3) is 2.35. The van der Waals surface area contributed by atoms with Crippen LogP contribution in [0, 0.1) is 6.92 Å². The Morgan fingerprint density at radius 3 is 2.70 bits per heavy atom. The molecule has 1 aliphatic rings. The molecule has 1 aliphatic carbocycles. The monoisotopic (exact) mass is 290 g/mol. The Labute approximate surface area is 124 Å². The second-order valence-corrected chi connectivity index (χ2v) is 6.75. The summed E-state index contributed by atoms with van der Waals surface area (Å²) in [5.74, 6) is 1.97. The predicted octanol–water partition coefficient (Wildman–Crippen LogP) is 3.96. The highest BCUT2D eigenvalue weighted by Gasteiger charge is 2.23. The van der Waals surface area contributed by atoms with Crippen molar-refractivity contribution < 1.29 is 0 Å². The van der Waals surface area contributed by atoms with Crippen LogP contribution in [0.25, 0.3) is 11.4 Å². The van der Waals surface area contributed by atoms with Crippen molar-refractivity contribution in [2.24, 2.45) is 0 Å². The fraction of sp³-hybridized carbons (Fsp3) is 0.600. The van der Waals surface area contributed by atoms with E-state index in [1.54, 1.807) is 11.3 Å². The van der Waals surface area contributed by atoms with Gasteiger partial charge in [0.15, 0.2) is 5.82 Å². The predicted molar refractivity (Wildman–Crippen MR) is 84.0 cm³/mol. The summed E-state index contributed by atoms with van der Waals surface area (Å²) >= 11 is 1.67. The molecule has 2 aromatic heterocycles. The maximum atomic E-state index is 6.19. The van der Waals surface area contributed by atoms with Gasteiger partial charge in [-0.2, -0.15) is 0 Å². The van der Waals surface area contributed by atoms with E-state index in [2.05, 4.69) is 27.8 Å². The molecule has 20 heavy (non-hydrogen) atoms. The number of nitrogen functional groups attached to an aromatic ring is 1. The molecule has 0 radical (unpaired) electrons. The van der Waals surface area contributed by atoms with Crippen LogP contribution >= 0.6 is 11.3 Å². The standard InChI is InChI=1S/C15H22N4S/c1-3-12-9-13(14(16)20-12)15-18-17-10(2)19(15)11-7-5-4-6-8-11/h9,11H,3-8,16H2,1-2H3. The van der Waals surface area contributed by atoms with Crippen molar-refractivity contribution in [3.63, 3.8) is 0 Å². The van der Waals surface area contributed by atoms with Gasteiger partial charge in [-0.3, -0.25) is 0 Å². The SMILES string of the molecule is CCc1cc(-c2nnc(C)n2C2CCCCC2)c(N)s1. The molecule has 0 amide bonds. The van der Waals surface area contributed by atoms with E-state index < -0.39 is 0 Å². The first-order valence-electron chi connectivity index (χ1n) is 7.50. The topological polar surface area (TPSA) is 56.7 Å². The summed E-state index contributed by atoms with van der Waals surface area (Å²) in [6, 6.07) is 2.72. The Balaban J connectivity index is 2.03. The average molecular weight is 290 g/mol. The number of anilines is 1. The lowest BCUT2D eigenvalue weighted by Gasteiger charge is -2.25. The van der Waals surface area contributed by atoms with Crippen LogP contribution < -0.4 is 5.73 Å². The summed E-state index contributed by atoms with van der Waals surface area (Å²) in [7, 11) is 0. The minimum atomic E-state index is 0.540. The second kappa shape index (κ2) is 5.56. The van der Waals surface area contributed by atoms with E-state index in [4.69, 9.17) is 5.73 Å². The molecular weight excluding hydrogens is 268 g/mol. The molecule has 108 valence electrons. The number of aromatic nitrogens is 3. The van der Waals surface area contributed by atoms with Gasteiger partial charge in [-0.1, -0.05) is 26.2 Å². The highest BCUT2D eigenvalue weighted by Crippen LogP contribution is 2.37. The number of aryl methyl sites for hydroxylation is 2. The fourth-order valence-electron chi connectivity index (χ4n) is 3.14. The third-order valence-electron chi connectivity index (χ3n) is 4.21. The number of rotatable bonds is 3. The van der Waals surface area contributed by atoms with E-state index >= 15 is 0 Å². The highest BCUT2D eigenvalue weighted by molar-refractivity contribution is 7.16. The lowest BCUT2D eigenvalue weighted by molar-refractivity contribution is 0.350. The molecule has 1 saturated carbocycles. The first kappa shape index (κ1) is 13.6. The van der Waals surface area contributed by atoms with Crippen LogP contribution in [0.1, 0.15) is 55.8 Å². The minimum Gasteiger partial charge on any atom is -0.390 e. The molecule has 1 fully saturated rings. The Morgan fingerprint density at radius 1 is 1.30 bits per heavy atom. The van der Waals surface area contributed by atoms with Gasteiger partial charge in [0.25, 0.3) is 0 Å². The Bertz CT molecular complexity index is 593. The highest BCUT2D eigenvalue weighted by atomic mass is 32.1. The average Bonchev–Trinajstić information content (AvgIpc) is 3.02. The molecule has 0 atom stereocenters. The van der Waals surface area contributed by atoms with Crippen LogP contribution in [0.15, 0.2) is 6.07 Å². The van der Waals surface area contributed by atoms with Crippen LogP contribution in [0.3, 0.4) is 0 Å². The van der Waals surface area contributed by atoms with Gasteiger partial charge in [0.05, 0.1) is 10.6 Å². The Hall–Kier alpha value is -1.36. The lowest BCUT2D eigenvalue weighted by atomic mass is 9.95. The van der Waals surface area contributed by atoms with E-state index in [0.29, 0.717) is 6.04 Å². The zero-order valence-electron chi connectivity index (χ0n) is 12.2. The molecule has 2 N–H and O–H groups in total. The van der Waals surface area contributed by atoms with Crippen molar-refractivity contribution in [1.82, 2.24) is 14.8 Å². The van der Waals surface area contributed by atoms with Crippen LogP contribution in [0.5, 0.6) is 0 Å². The number of nitrogens with two attached hydrogens (primary N) is 1. The van der Waals surface area contributed by atoms with Gasteiger partial charge < -0.3 is 10.3 Å². The van der Waals surface area contributed by atoms with Gasteiger partial charge in [0, 0.05) is 10.9 Å². The van der Waals surface area contributed by atoms with Crippen molar-refractivity contribution in [2.45, 2.75) is 58.4 Å². The molecular formula is C15H22N4S. The second-order valence-electron chi connectivity index (χ2n) is 5.58. The summed E-state index contributed by atoms with van der Waals surface area (Å²) in [6.45, 7) is 4.21. The van der Waals surface area contributed by atoms with Crippen LogP contribution in [-0.4, -0.2) is 14.8 Å². The first-order valence-corrected chi connectivity index (χ1v) is 8.32. The van der Waals surface area contributed by atoms with Gasteiger partial charge in [-0.25, -0.2) is 0 Å². The number of nitrogens with zero attached hydrogens (tertiary/aromatic N) is 3. The van der Waals surface area contributed by atoms with E-state index in [9.17, 15) is 0 Å². The maximum absolute atomic E-state index is 6.19. The summed E-state index contributed by atoms with van der Waals surface area (Å²) in [5.41, 5.74) is 7.26. The smallest absolute Gasteiger partial charge is 0.167 e. The Kier molecular flexibility index (Phi) is 3.78. The quantitative estimate of drug-likeness (QED) is 0.930. The number of hydrogen-bond acceptors (Lipinski definition) is 4. The molecule has 0 unspecified atom stereocenters. The van der Waals surface area contributed by atoms with E-state index in [0.717, 1.165) is 28.6 Å². The molecule has 5 heteroatoms. The van der Waals surface area contributed by atoms with E-state index in [-0.39, 0.29) is 0 Å². The number of hydrogen-bond donors (Lipinski definition) is 1. The van der Waals surface area contributed by atoms with Crippen LogP contribution in [-0.2, 0) is 6.42 Å². The normalized spacial score (nSPS) is 16.7. The van der Waals surface area contributed by atoms with E-state index in [1.807, 2.05) is 6.92 Å². The van der Waals surface area contributed by atoms with Crippen molar-refractivity contribution in [2.75, 3.05) is 5.73 Å². The molecule has 0 aliphatic heterocycles. The first-order chi connectivity index (χ1) is 9.70. The molecule has 0 bridgehead atoms. The largest absolute Gasteiger partial charge is 0.390 e.